The molecule has 0 aliphatic carbocycles. The lowest BCUT2D eigenvalue weighted by Crippen LogP contribution is -2.03. The summed E-state index contributed by atoms with van der Waals surface area (Å²) in [6.07, 6.45) is 4.87. The number of ether oxygens (including phenoxy) is 4. The van der Waals surface area contributed by atoms with E-state index in [4.69, 9.17) is 18.9 Å². The van der Waals surface area contributed by atoms with Gasteiger partial charge in [0.05, 0.1) is 32.0 Å². The van der Waals surface area contributed by atoms with Crippen LogP contribution in [0.4, 0.5) is 0 Å². The zero-order chi connectivity index (χ0) is 20.8. The highest BCUT2D eigenvalue weighted by atomic mass is 16.5. The molecule has 3 rings (SSSR count). The van der Waals surface area contributed by atoms with Crippen LogP contribution in [0.15, 0.2) is 42.2 Å². The number of hydrogen-bond donors (Lipinski definition) is 0. The number of fused-ring (bicyclic) bond motifs is 1. The second-order valence-corrected chi connectivity index (χ2v) is 6.61. The number of hydrogen-bond acceptors (Lipinski definition) is 6. The molecule has 0 bridgehead atoms. The molecule has 0 spiro atoms. The Bertz CT molecular complexity index is 944. The third-order valence-corrected chi connectivity index (χ3v) is 4.58. The van der Waals surface area contributed by atoms with Crippen LogP contribution in [0.25, 0.3) is 6.08 Å². The lowest BCUT2D eigenvalue weighted by atomic mass is 10.1. The average molecular weight is 396 g/mol. The molecule has 0 atom stereocenters. The molecule has 0 unspecified atom stereocenters. The molecule has 2 aromatic rings. The third kappa shape index (κ3) is 4.59. The molecule has 1 aliphatic heterocycles. The number of allylic oxidation sites excluding steroid dienone is 1. The Balaban J connectivity index is 1.79. The Morgan fingerprint density at radius 1 is 1.07 bits per heavy atom. The predicted octanol–water partition coefficient (Wildman–Crippen LogP) is 4.67. The number of benzene rings is 2. The van der Waals surface area contributed by atoms with E-state index in [2.05, 4.69) is 6.92 Å². The maximum atomic E-state index is 12.7. The number of unbranched alkanes of at least 4 members (excludes halogenated alkanes) is 2. The second-order valence-electron chi connectivity index (χ2n) is 6.61. The topological polar surface area (TPSA) is 71.1 Å². The maximum absolute atomic E-state index is 12.7. The summed E-state index contributed by atoms with van der Waals surface area (Å²) in [6, 6.07) is 10.1. The molecular weight excluding hydrogens is 372 g/mol. The molecule has 0 radical (unpaired) electrons. The fourth-order valence-corrected chi connectivity index (χ4v) is 3.01. The lowest BCUT2D eigenvalue weighted by Gasteiger charge is -2.11. The van der Waals surface area contributed by atoms with Crippen LogP contribution < -0.4 is 14.2 Å². The first-order chi connectivity index (χ1) is 14.1. The molecule has 0 N–H and O–H groups in total. The number of methoxy groups -OCH3 is 2. The van der Waals surface area contributed by atoms with Crippen molar-refractivity contribution in [2.75, 3.05) is 20.8 Å². The normalized spacial score (nSPS) is 13.8. The van der Waals surface area contributed by atoms with Gasteiger partial charge in [-0.1, -0.05) is 25.8 Å². The van der Waals surface area contributed by atoms with E-state index in [1.165, 1.54) is 13.2 Å². The van der Waals surface area contributed by atoms with E-state index in [9.17, 15) is 9.59 Å². The van der Waals surface area contributed by atoms with Crippen molar-refractivity contribution in [1.29, 1.82) is 0 Å². The van der Waals surface area contributed by atoms with Crippen molar-refractivity contribution < 1.29 is 28.5 Å². The van der Waals surface area contributed by atoms with Crippen molar-refractivity contribution in [2.24, 2.45) is 0 Å². The molecule has 0 saturated carbocycles. The molecular formula is C23H24O6. The Labute approximate surface area is 170 Å². The van der Waals surface area contributed by atoms with Crippen molar-refractivity contribution in [2.45, 2.75) is 26.2 Å². The molecule has 0 aromatic heterocycles. The summed E-state index contributed by atoms with van der Waals surface area (Å²) in [5.74, 6) is 1.06. The van der Waals surface area contributed by atoms with Gasteiger partial charge in [-0.05, 0) is 48.4 Å². The van der Waals surface area contributed by atoms with Crippen LogP contribution in [0.3, 0.4) is 0 Å². The third-order valence-electron chi connectivity index (χ3n) is 4.58. The van der Waals surface area contributed by atoms with Gasteiger partial charge in [0.1, 0.15) is 5.75 Å². The van der Waals surface area contributed by atoms with Crippen LogP contribution in [-0.2, 0) is 4.74 Å². The van der Waals surface area contributed by atoms with E-state index in [0.29, 0.717) is 35.0 Å². The number of rotatable bonds is 8. The van der Waals surface area contributed by atoms with Gasteiger partial charge in [0.15, 0.2) is 17.3 Å². The Kier molecular flexibility index (Phi) is 6.54. The van der Waals surface area contributed by atoms with Gasteiger partial charge in [0, 0.05) is 0 Å². The summed E-state index contributed by atoms with van der Waals surface area (Å²) >= 11 is 0. The number of ketones is 1. The Morgan fingerprint density at radius 2 is 1.90 bits per heavy atom. The molecule has 152 valence electrons. The molecule has 0 fully saturated rings. The van der Waals surface area contributed by atoms with Gasteiger partial charge in [-0.25, -0.2) is 4.79 Å². The van der Waals surface area contributed by atoms with Crippen molar-refractivity contribution in [3.05, 3.63) is 58.8 Å². The molecule has 29 heavy (non-hydrogen) atoms. The Morgan fingerprint density at radius 3 is 2.62 bits per heavy atom. The maximum Gasteiger partial charge on any atom is 0.337 e. The van der Waals surface area contributed by atoms with Gasteiger partial charge in [-0.15, -0.1) is 0 Å². The minimum Gasteiger partial charge on any atom is -0.493 e. The minimum absolute atomic E-state index is 0.181. The zero-order valence-electron chi connectivity index (χ0n) is 16.8. The molecule has 0 amide bonds. The van der Waals surface area contributed by atoms with Crippen LogP contribution in [0, 0.1) is 0 Å². The number of carbonyl (C=O) groups excluding carboxylic acids is 2. The molecule has 6 nitrogen and oxygen atoms in total. The number of carbonyl (C=O) groups is 2. The van der Waals surface area contributed by atoms with Crippen LogP contribution in [0.1, 0.15) is 52.5 Å². The largest absolute Gasteiger partial charge is 0.493 e. The highest BCUT2D eigenvalue weighted by Crippen LogP contribution is 2.34. The quantitative estimate of drug-likeness (QED) is 0.367. The number of esters is 1. The van der Waals surface area contributed by atoms with Crippen LogP contribution >= 0.6 is 0 Å². The van der Waals surface area contributed by atoms with Crippen LogP contribution in [0.5, 0.6) is 17.2 Å². The van der Waals surface area contributed by atoms with Gasteiger partial charge >= 0.3 is 5.97 Å². The fraction of sp³-hybridized carbons (Fsp3) is 0.304. The van der Waals surface area contributed by atoms with Crippen molar-refractivity contribution >= 4 is 17.8 Å². The SMILES string of the molecule is CCCCCOc1ccc(/C=C2\Oc3ccc(C(=O)OC)cc3C2=O)cc1OC. The van der Waals surface area contributed by atoms with E-state index in [1.54, 1.807) is 31.4 Å². The van der Waals surface area contributed by atoms with Crippen molar-refractivity contribution in [1.82, 2.24) is 0 Å². The Hall–Kier alpha value is -3.28. The predicted molar refractivity (Wildman–Crippen MR) is 109 cm³/mol. The first-order valence-electron chi connectivity index (χ1n) is 9.54. The van der Waals surface area contributed by atoms with E-state index in [0.717, 1.165) is 24.8 Å². The minimum atomic E-state index is -0.503. The van der Waals surface area contributed by atoms with Gasteiger partial charge in [-0.3, -0.25) is 4.79 Å². The van der Waals surface area contributed by atoms with Gasteiger partial charge in [-0.2, -0.15) is 0 Å². The zero-order valence-corrected chi connectivity index (χ0v) is 16.8. The monoisotopic (exact) mass is 396 g/mol. The van der Waals surface area contributed by atoms with Gasteiger partial charge in [0.25, 0.3) is 0 Å². The van der Waals surface area contributed by atoms with Crippen LogP contribution in [-0.4, -0.2) is 32.6 Å². The highest BCUT2D eigenvalue weighted by molar-refractivity contribution is 6.15. The van der Waals surface area contributed by atoms with Gasteiger partial charge < -0.3 is 18.9 Å². The summed E-state index contributed by atoms with van der Waals surface area (Å²) < 4.78 is 21.6. The van der Waals surface area contributed by atoms with E-state index >= 15 is 0 Å². The summed E-state index contributed by atoms with van der Waals surface area (Å²) in [7, 11) is 2.87. The van der Waals surface area contributed by atoms with E-state index in [-0.39, 0.29) is 11.5 Å². The molecule has 1 heterocycles. The standard InChI is InChI=1S/C23H24O6/c1-4-5-6-11-28-19-9-7-15(12-20(19)26-2)13-21-22(24)17-14-16(23(25)27-3)8-10-18(17)29-21/h7-10,12-14H,4-6,11H2,1-3H3/b21-13-. The lowest BCUT2D eigenvalue weighted by molar-refractivity contribution is 0.0600. The summed E-state index contributed by atoms with van der Waals surface area (Å²) in [4.78, 5) is 24.4. The summed E-state index contributed by atoms with van der Waals surface area (Å²) in [6.45, 7) is 2.77. The van der Waals surface area contributed by atoms with E-state index in [1.807, 2.05) is 12.1 Å². The summed E-state index contributed by atoms with van der Waals surface area (Å²) in [5.41, 5.74) is 1.38. The molecule has 0 saturated heterocycles. The van der Waals surface area contributed by atoms with E-state index < -0.39 is 5.97 Å². The highest BCUT2D eigenvalue weighted by Gasteiger charge is 2.28. The molecule has 6 heteroatoms. The second kappa shape index (κ2) is 9.28. The average Bonchev–Trinajstić information content (AvgIpc) is 3.06. The van der Waals surface area contributed by atoms with Crippen molar-refractivity contribution in [3.8, 4) is 17.2 Å². The molecule has 2 aromatic carbocycles. The van der Waals surface area contributed by atoms with Crippen LogP contribution in [0.2, 0.25) is 0 Å². The van der Waals surface area contributed by atoms with Gasteiger partial charge in [0.2, 0.25) is 5.78 Å². The molecule has 1 aliphatic rings. The first kappa shape index (κ1) is 20.5. The smallest absolute Gasteiger partial charge is 0.337 e. The fourth-order valence-electron chi connectivity index (χ4n) is 3.01. The summed E-state index contributed by atoms with van der Waals surface area (Å²) in [5, 5.41) is 0. The first-order valence-corrected chi connectivity index (χ1v) is 9.54. The van der Waals surface area contributed by atoms with Crippen molar-refractivity contribution in [3.63, 3.8) is 0 Å². The number of Topliss-reactive ketones (excluding diaryl/α,β-unsaturated/α-hetero) is 1.